The molecule has 0 N–H and O–H groups in total. The summed E-state index contributed by atoms with van der Waals surface area (Å²) in [5, 5.41) is 0. The molecule has 2 aromatic rings. The average Bonchev–Trinajstić information content (AvgIpc) is 2.72. The summed E-state index contributed by atoms with van der Waals surface area (Å²) < 4.78 is 68.4. The van der Waals surface area contributed by atoms with Crippen LogP contribution in [0.25, 0.3) is 0 Å². The Hall–Kier alpha value is -2.55. The third-order valence-corrected chi connectivity index (χ3v) is 6.11. The molecule has 0 fully saturated rings. The summed E-state index contributed by atoms with van der Waals surface area (Å²) in [5.41, 5.74) is -0.290. The Kier molecular flexibility index (Phi) is 8.72. The van der Waals surface area contributed by atoms with Gasteiger partial charge in [0.1, 0.15) is 10.6 Å². The zero-order valence-corrected chi connectivity index (χ0v) is 19.2. The molecule has 0 spiro atoms. The lowest BCUT2D eigenvalue weighted by Gasteiger charge is -2.27. The predicted octanol–water partition coefficient (Wildman–Crippen LogP) is 5.79. The van der Waals surface area contributed by atoms with Crippen molar-refractivity contribution < 1.29 is 30.6 Å². The Morgan fingerprint density at radius 2 is 1.72 bits per heavy atom. The fourth-order valence-corrected chi connectivity index (χ4v) is 4.06. The van der Waals surface area contributed by atoms with Gasteiger partial charge in [0.2, 0.25) is 5.91 Å². The molecule has 0 heterocycles. The first-order valence-electron chi connectivity index (χ1n) is 10.4. The van der Waals surface area contributed by atoms with E-state index in [0.717, 1.165) is 43.0 Å². The van der Waals surface area contributed by atoms with Gasteiger partial charge in [0.05, 0.1) is 5.56 Å². The van der Waals surface area contributed by atoms with Gasteiger partial charge in [0.15, 0.2) is 0 Å². The van der Waals surface area contributed by atoms with Crippen LogP contribution in [0, 0.1) is 0 Å². The minimum Gasteiger partial charge on any atom is -0.379 e. The number of hydrogen-bond donors (Lipinski definition) is 0. The number of halogens is 3. The molecule has 0 bridgehead atoms. The second kappa shape index (κ2) is 10.8. The minimum absolute atomic E-state index is 0.00124. The predicted molar refractivity (Wildman–Crippen MR) is 116 cm³/mol. The zero-order chi connectivity index (χ0) is 23.9. The first kappa shape index (κ1) is 25.7. The van der Waals surface area contributed by atoms with Crippen LogP contribution in [-0.2, 0) is 27.6 Å². The van der Waals surface area contributed by atoms with Crippen LogP contribution in [0.5, 0.6) is 5.75 Å². The number of benzene rings is 2. The van der Waals surface area contributed by atoms with E-state index in [1.807, 2.05) is 13.8 Å². The summed E-state index contributed by atoms with van der Waals surface area (Å²) in [6.45, 7) is 6.29. The summed E-state index contributed by atoms with van der Waals surface area (Å²) >= 11 is 0. The third-order valence-electron chi connectivity index (χ3n) is 4.87. The first-order chi connectivity index (χ1) is 14.9. The number of hydrogen-bond acceptors (Lipinski definition) is 4. The van der Waals surface area contributed by atoms with Crippen molar-refractivity contribution in [1.82, 2.24) is 4.90 Å². The van der Waals surface area contributed by atoms with Crippen molar-refractivity contribution >= 4 is 16.0 Å². The Labute approximate surface area is 187 Å². The molecule has 2 rings (SSSR count). The van der Waals surface area contributed by atoms with Crippen molar-refractivity contribution in [3.63, 3.8) is 0 Å². The Morgan fingerprint density at radius 3 is 2.28 bits per heavy atom. The molecular formula is C23H28F3NO4S. The fraction of sp³-hybridized carbons (Fsp3) is 0.435. The van der Waals surface area contributed by atoms with Crippen LogP contribution in [0.4, 0.5) is 13.2 Å². The van der Waals surface area contributed by atoms with Gasteiger partial charge < -0.3 is 9.08 Å². The van der Waals surface area contributed by atoms with Crippen LogP contribution in [0.15, 0.2) is 53.4 Å². The molecule has 0 atom stereocenters. The Balaban J connectivity index is 2.11. The summed E-state index contributed by atoms with van der Waals surface area (Å²) in [4.78, 5) is 13.7. The van der Waals surface area contributed by atoms with E-state index in [1.165, 1.54) is 12.1 Å². The maximum Gasteiger partial charge on any atom is 0.416 e. The smallest absolute Gasteiger partial charge is 0.379 e. The molecule has 1 amide bonds. The number of carbonyl (C=O) groups is 1. The SMILES string of the molecule is CCCCCC(=O)N(Cc1ccc(OS(=O)(=O)c2cccc(C(F)(F)F)c2)cc1)C(C)C. The van der Waals surface area contributed by atoms with Gasteiger partial charge >= 0.3 is 16.3 Å². The lowest BCUT2D eigenvalue weighted by Crippen LogP contribution is -2.36. The van der Waals surface area contributed by atoms with Gasteiger partial charge in [-0.15, -0.1) is 0 Å². The molecule has 0 unspecified atom stereocenters. The highest BCUT2D eigenvalue weighted by Crippen LogP contribution is 2.31. The molecule has 9 heteroatoms. The number of nitrogens with zero attached hydrogens (tertiary/aromatic N) is 1. The van der Waals surface area contributed by atoms with Crippen LogP contribution in [-0.4, -0.2) is 25.3 Å². The van der Waals surface area contributed by atoms with Gasteiger partial charge in [-0.3, -0.25) is 4.79 Å². The van der Waals surface area contributed by atoms with E-state index in [-0.39, 0.29) is 17.7 Å². The molecular weight excluding hydrogens is 443 g/mol. The third kappa shape index (κ3) is 7.25. The molecule has 0 aliphatic rings. The standard InChI is InChI=1S/C23H28F3NO4S/c1-4-5-6-10-22(28)27(17(2)3)16-18-11-13-20(14-12-18)31-32(29,30)21-9-7-8-19(15-21)23(24,25)26/h7-9,11-15,17H,4-6,10,16H2,1-3H3. The molecule has 0 aromatic heterocycles. The van der Waals surface area contributed by atoms with Gasteiger partial charge in [0.25, 0.3) is 0 Å². The maximum atomic E-state index is 12.9. The van der Waals surface area contributed by atoms with E-state index in [2.05, 4.69) is 6.92 Å². The summed E-state index contributed by atoms with van der Waals surface area (Å²) in [6, 6.07) is 9.48. The average molecular weight is 472 g/mol. The van der Waals surface area contributed by atoms with Gasteiger partial charge in [-0.05, 0) is 56.2 Å². The van der Waals surface area contributed by atoms with Gasteiger partial charge in [-0.25, -0.2) is 0 Å². The van der Waals surface area contributed by atoms with Crippen LogP contribution < -0.4 is 4.18 Å². The number of alkyl halides is 3. The largest absolute Gasteiger partial charge is 0.416 e. The quantitative estimate of drug-likeness (QED) is 0.325. The molecule has 0 aliphatic heterocycles. The second-order valence-corrected chi connectivity index (χ2v) is 9.33. The lowest BCUT2D eigenvalue weighted by molar-refractivity contribution is -0.137. The van der Waals surface area contributed by atoms with Crippen molar-refractivity contribution in [3.8, 4) is 5.75 Å². The maximum absolute atomic E-state index is 12.9. The van der Waals surface area contributed by atoms with E-state index in [1.54, 1.807) is 17.0 Å². The molecule has 0 radical (unpaired) electrons. The van der Waals surface area contributed by atoms with Gasteiger partial charge in [-0.1, -0.05) is 38.0 Å². The van der Waals surface area contributed by atoms with Crippen LogP contribution >= 0.6 is 0 Å². The number of rotatable bonds is 10. The van der Waals surface area contributed by atoms with Gasteiger partial charge in [-0.2, -0.15) is 21.6 Å². The van der Waals surface area contributed by atoms with E-state index >= 15 is 0 Å². The van der Waals surface area contributed by atoms with Gasteiger partial charge in [0, 0.05) is 19.0 Å². The van der Waals surface area contributed by atoms with Crippen LogP contribution in [0.2, 0.25) is 0 Å². The molecule has 2 aromatic carbocycles. The molecule has 176 valence electrons. The van der Waals surface area contributed by atoms with Crippen molar-refractivity contribution in [2.24, 2.45) is 0 Å². The zero-order valence-electron chi connectivity index (χ0n) is 18.4. The highest BCUT2D eigenvalue weighted by Gasteiger charge is 2.32. The first-order valence-corrected chi connectivity index (χ1v) is 11.8. The van der Waals surface area contributed by atoms with Crippen LogP contribution in [0.1, 0.15) is 57.6 Å². The summed E-state index contributed by atoms with van der Waals surface area (Å²) in [7, 11) is -4.44. The molecule has 32 heavy (non-hydrogen) atoms. The van der Waals surface area contributed by atoms with Crippen molar-refractivity contribution in [2.45, 2.75) is 70.1 Å². The normalized spacial score (nSPS) is 12.1. The Morgan fingerprint density at radius 1 is 1.06 bits per heavy atom. The molecule has 5 nitrogen and oxygen atoms in total. The summed E-state index contributed by atoms with van der Waals surface area (Å²) in [6.07, 6.45) is -1.34. The molecule has 0 saturated heterocycles. The second-order valence-electron chi connectivity index (χ2n) is 7.78. The van der Waals surface area contributed by atoms with Crippen LogP contribution in [0.3, 0.4) is 0 Å². The summed E-state index contributed by atoms with van der Waals surface area (Å²) in [5.74, 6) is 0.0254. The van der Waals surface area contributed by atoms with E-state index in [4.69, 9.17) is 4.18 Å². The van der Waals surface area contributed by atoms with E-state index in [9.17, 15) is 26.4 Å². The number of unbranched alkanes of at least 4 members (excludes halogenated alkanes) is 2. The minimum atomic E-state index is -4.66. The molecule has 0 saturated carbocycles. The monoisotopic (exact) mass is 471 g/mol. The molecule has 0 aliphatic carbocycles. The lowest BCUT2D eigenvalue weighted by atomic mass is 10.1. The topological polar surface area (TPSA) is 63.7 Å². The Bertz CT molecular complexity index is 1000. The number of amides is 1. The van der Waals surface area contributed by atoms with Crippen molar-refractivity contribution in [1.29, 1.82) is 0 Å². The van der Waals surface area contributed by atoms with Crippen molar-refractivity contribution in [2.75, 3.05) is 0 Å². The van der Waals surface area contributed by atoms with Crippen molar-refractivity contribution in [3.05, 3.63) is 59.7 Å². The van der Waals surface area contributed by atoms with E-state index < -0.39 is 26.8 Å². The highest BCUT2D eigenvalue weighted by atomic mass is 32.2. The van der Waals surface area contributed by atoms with E-state index in [0.29, 0.717) is 19.0 Å². The fourth-order valence-electron chi connectivity index (χ4n) is 3.08. The highest BCUT2D eigenvalue weighted by molar-refractivity contribution is 7.87. The number of carbonyl (C=O) groups excluding carboxylic acids is 1.